The molecule has 0 heterocycles. The summed E-state index contributed by atoms with van der Waals surface area (Å²) < 4.78 is 12.7. The van der Waals surface area contributed by atoms with E-state index in [0.717, 1.165) is 5.56 Å². The van der Waals surface area contributed by atoms with Crippen LogP contribution in [0.2, 0.25) is 0 Å². The molecule has 1 unspecified atom stereocenters. The minimum Gasteiger partial charge on any atom is -0.391 e. The minimum atomic E-state index is -0.576. The van der Waals surface area contributed by atoms with E-state index in [4.69, 9.17) is 0 Å². The third-order valence-corrected chi connectivity index (χ3v) is 2.98. The highest BCUT2D eigenvalue weighted by Gasteiger charge is 2.21. The number of aliphatic hydroxyl groups is 1. The van der Waals surface area contributed by atoms with Crippen molar-refractivity contribution in [2.45, 2.75) is 33.3 Å². The molecule has 1 aromatic carbocycles. The van der Waals surface area contributed by atoms with Gasteiger partial charge in [-0.15, -0.1) is 0 Å². The van der Waals surface area contributed by atoms with Crippen molar-refractivity contribution < 1.29 is 14.3 Å². The van der Waals surface area contributed by atoms with Gasteiger partial charge in [0.25, 0.3) is 0 Å². The Morgan fingerprint density at radius 3 is 2.50 bits per heavy atom. The van der Waals surface area contributed by atoms with Gasteiger partial charge in [0.2, 0.25) is 5.91 Å². The number of benzene rings is 1. The quantitative estimate of drug-likeness (QED) is 0.870. The van der Waals surface area contributed by atoms with Gasteiger partial charge in [0, 0.05) is 13.0 Å². The van der Waals surface area contributed by atoms with Gasteiger partial charge in [0.05, 0.1) is 6.10 Å². The lowest BCUT2D eigenvalue weighted by molar-refractivity contribution is -0.121. The molecule has 0 aromatic heterocycles. The third kappa shape index (κ3) is 5.97. The van der Waals surface area contributed by atoms with Crippen LogP contribution in [0.3, 0.4) is 0 Å². The number of hydrogen-bond donors (Lipinski definition) is 2. The molecule has 2 N–H and O–H groups in total. The first-order valence-corrected chi connectivity index (χ1v) is 6.66. The van der Waals surface area contributed by atoms with Crippen LogP contribution in [-0.2, 0) is 4.79 Å². The van der Waals surface area contributed by atoms with Crippen LogP contribution in [-0.4, -0.2) is 23.7 Å². The van der Waals surface area contributed by atoms with Crippen molar-refractivity contribution in [3.63, 3.8) is 0 Å². The van der Waals surface area contributed by atoms with E-state index in [1.807, 2.05) is 20.8 Å². The number of aliphatic hydroxyl groups excluding tert-OH is 1. The van der Waals surface area contributed by atoms with Crippen molar-refractivity contribution >= 4 is 12.0 Å². The third-order valence-electron chi connectivity index (χ3n) is 2.98. The van der Waals surface area contributed by atoms with Crippen LogP contribution >= 0.6 is 0 Å². The molecule has 1 amide bonds. The molecule has 20 heavy (non-hydrogen) atoms. The summed E-state index contributed by atoms with van der Waals surface area (Å²) in [5, 5.41) is 12.5. The lowest BCUT2D eigenvalue weighted by Crippen LogP contribution is -2.39. The first-order valence-electron chi connectivity index (χ1n) is 6.66. The molecule has 110 valence electrons. The fraction of sp³-hybridized carbons (Fsp3) is 0.438. The molecule has 0 saturated carbocycles. The molecule has 0 bridgehead atoms. The number of nitrogens with one attached hydrogen (secondary N) is 1. The summed E-state index contributed by atoms with van der Waals surface area (Å²) in [5.74, 6) is -0.428. The molecule has 4 heteroatoms. The molecule has 1 rings (SSSR count). The molecule has 0 saturated heterocycles. The summed E-state index contributed by atoms with van der Waals surface area (Å²) in [4.78, 5) is 11.6. The molecule has 1 aromatic rings. The predicted molar refractivity (Wildman–Crippen MR) is 78.5 cm³/mol. The Hall–Kier alpha value is -1.68. The normalized spacial score (nSPS) is 13.4. The fourth-order valence-corrected chi connectivity index (χ4v) is 1.46. The molecule has 0 aliphatic heterocycles. The first kappa shape index (κ1) is 16.4. The average Bonchev–Trinajstić information content (AvgIpc) is 2.37. The summed E-state index contributed by atoms with van der Waals surface area (Å²) in [6.45, 7) is 5.99. The number of carbonyl (C=O) groups excluding carboxylic acids is 1. The monoisotopic (exact) mass is 279 g/mol. The van der Waals surface area contributed by atoms with Crippen LogP contribution in [0.4, 0.5) is 4.39 Å². The van der Waals surface area contributed by atoms with Gasteiger partial charge < -0.3 is 10.4 Å². The Labute approximate surface area is 119 Å². The Bertz CT molecular complexity index is 460. The zero-order valence-corrected chi connectivity index (χ0v) is 12.2. The number of rotatable bonds is 5. The molecule has 0 aliphatic rings. The van der Waals surface area contributed by atoms with Crippen molar-refractivity contribution in [1.82, 2.24) is 5.32 Å². The second kappa shape index (κ2) is 7.20. The predicted octanol–water partition coefficient (Wildman–Crippen LogP) is 2.75. The summed E-state index contributed by atoms with van der Waals surface area (Å²) >= 11 is 0. The molecule has 0 fully saturated rings. The van der Waals surface area contributed by atoms with E-state index in [9.17, 15) is 14.3 Å². The van der Waals surface area contributed by atoms with Crippen LogP contribution in [0.5, 0.6) is 0 Å². The average molecular weight is 279 g/mol. The van der Waals surface area contributed by atoms with E-state index >= 15 is 0 Å². The van der Waals surface area contributed by atoms with Crippen LogP contribution in [0.1, 0.15) is 32.8 Å². The number of halogens is 1. The van der Waals surface area contributed by atoms with Crippen molar-refractivity contribution in [3.8, 4) is 0 Å². The lowest BCUT2D eigenvalue weighted by Gasteiger charge is -2.25. The summed E-state index contributed by atoms with van der Waals surface area (Å²) in [7, 11) is 0. The van der Waals surface area contributed by atoms with Gasteiger partial charge >= 0.3 is 0 Å². The maximum Gasteiger partial charge on any atom is 0.223 e. The van der Waals surface area contributed by atoms with Crippen LogP contribution in [0, 0.1) is 11.2 Å². The van der Waals surface area contributed by atoms with E-state index < -0.39 is 6.10 Å². The summed E-state index contributed by atoms with van der Waals surface area (Å²) in [6, 6.07) is 6.04. The van der Waals surface area contributed by atoms with E-state index in [-0.39, 0.29) is 30.1 Å². The van der Waals surface area contributed by atoms with Gasteiger partial charge in [-0.25, -0.2) is 4.39 Å². The smallest absolute Gasteiger partial charge is 0.223 e. The maximum atomic E-state index is 12.7. The standard InChI is InChI=1S/C16H22FNO2/c1-16(2,3)14(19)11-18-15(20)6-4-5-12-7-9-13(17)10-8-12/h4-5,7-10,14,19H,6,11H2,1-3H3,(H,18,20)/b5-4+. The lowest BCUT2D eigenvalue weighted by atomic mass is 9.89. The molecule has 0 aliphatic carbocycles. The molecular weight excluding hydrogens is 257 g/mol. The van der Waals surface area contributed by atoms with E-state index in [2.05, 4.69) is 5.32 Å². The highest BCUT2D eigenvalue weighted by atomic mass is 19.1. The molecule has 3 nitrogen and oxygen atoms in total. The Kier molecular flexibility index (Phi) is 5.89. The Balaban J connectivity index is 2.35. The summed E-state index contributed by atoms with van der Waals surface area (Å²) in [5.41, 5.74) is 0.589. The number of carbonyl (C=O) groups is 1. The van der Waals surface area contributed by atoms with Gasteiger partial charge in [-0.05, 0) is 23.1 Å². The topological polar surface area (TPSA) is 49.3 Å². The SMILES string of the molecule is CC(C)(C)C(O)CNC(=O)C/C=C/c1ccc(F)cc1. The zero-order valence-electron chi connectivity index (χ0n) is 12.2. The maximum absolute atomic E-state index is 12.7. The van der Waals surface area contributed by atoms with Gasteiger partial charge in [0.1, 0.15) is 5.82 Å². The van der Waals surface area contributed by atoms with Gasteiger partial charge in [0.15, 0.2) is 0 Å². The van der Waals surface area contributed by atoms with Crippen LogP contribution < -0.4 is 5.32 Å². The van der Waals surface area contributed by atoms with Gasteiger partial charge in [-0.1, -0.05) is 45.1 Å². The Morgan fingerprint density at radius 2 is 1.95 bits per heavy atom. The fourth-order valence-electron chi connectivity index (χ4n) is 1.46. The van der Waals surface area contributed by atoms with E-state index in [1.165, 1.54) is 12.1 Å². The van der Waals surface area contributed by atoms with Crippen molar-refractivity contribution in [2.75, 3.05) is 6.54 Å². The number of hydrogen-bond acceptors (Lipinski definition) is 2. The zero-order chi connectivity index (χ0) is 15.2. The van der Waals surface area contributed by atoms with Crippen LogP contribution in [0.25, 0.3) is 6.08 Å². The minimum absolute atomic E-state index is 0.147. The first-order chi connectivity index (χ1) is 9.29. The van der Waals surface area contributed by atoms with Gasteiger partial charge in [-0.3, -0.25) is 4.79 Å². The van der Waals surface area contributed by atoms with E-state index in [0.29, 0.717) is 0 Å². The molecule has 0 radical (unpaired) electrons. The van der Waals surface area contributed by atoms with Crippen LogP contribution in [0.15, 0.2) is 30.3 Å². The van der Waals surface area contributed by atoms with Crippen molar-refractivity contribution in [3.05, 3.63) is 41.7 Å². The summed E-state index contributed by atoms with van der Waals surface area (Å²) in [6.07, 6.45) is 3.13. The van der Waals surface area contributed by atoms with Crippen molar-refractivity contribution in [1.29, 1.82) is 0 Å². The highest BCUT2D eigenvalue weighted by Crippen LogP contribution is 2.18. The largest absolute Gasteiger partial charge is 0.391 e. The van der Waals surface area contributed by atoms with E-state index in [1.54, 1.807) is 24.3 Å². The second-order valence-electron chi connectivity index (χ2n) is 5.84. The molecule has 0 spiro atoms. The number of amides is 1. The molecular formula is C16H22FNO2. The second-order valence-corrected chi connectivity index (χ2v) is 5.84. The highest BCUT2D eigenvalue weighted by molar-refractivity contribution is 5.78. The van der Waals surface area contributed by atoms with Crippen molar-refractivity contribution in [2.24, 2.45) is 5.41 Å². The Morgan fingerprint density at radius 1 is 1.35 bits per heavy atom. The molecule has 1 atom stereocenters. The van der Waals surface area contributed by atoms with Gasteiger partial charge in [-0.2, -0.15) is 0 Å².